The van der Waals surface area contributed by atoms with Crippen LogP contribution in [-0.4, -0.2) is 30.9 Å². The first-order chi connectivity index (χ1) is 12.0. The van der Waals surface area contributed by atoms with Crippen LogP contribution in [0, 0.1) is 11.3 Å². The monoisotopic (exact) mass is 375 g/mol. The van der Waals surface area contributed by atoms with Crippen molar-refractivity contribution >= 4 is 34.8 Å². The normalized spacial score (nSPS) is 10.5. The predicted octanol–water partition coefficient (Wildman–Crippen LogP) is 4.37. The second kappa shape index (κ2) is 9.43. The maximum Gasteiger partial charge on any atom is 0.241 e. The van der Waals surface area contributed by atoms with Gasteiger partial charge in [0.25, 0.3) is 0 Å². The van der Waals surface area contributed by atoms with Gasteiger partial charge in [-0.25, -0.2) is 0 Å². The molecule has 4 nitrogen and oxygen atoms in total. The molecule has 0 aliphatic rings. The number of carbonyl (C=O) groups is 1. The van der Waals surface area contributed by atoms with Crippen LogP contribution in [0.1, 0.15) is 12.0 Å². The molecule has 0 aliphatic carbocycles. The lowest BCUT2D eigenvalue weighted by molar-refractivity contribution is -0.119. The van der Waals surface area contributed by atoms with Gasteiger partial charge in [-0.2, -0.15) is 5.26 Å². The van der Waals surface area contributed by atoms with Crippen LogP contribution in [0.2, 0.25) is 10.0 Å². The average molecular weight is 376 g/mol. The largest absolute Gasteiger partial charge is 0.310 e. The van der Waals surface area contributed by atoms with Crippen molar-refractivity contribution in [3.63, 3.8) is 0 Å². The van der Waals surface area contributed by atoms with E-state index < -0.39 is 0 Å². The van der Waals surface area contributed by atoms with Crippen LogP contribution < -0.4 is 4.90 Å². The second-order valence-corrected chi connectivity index (χ2v) is 6.52. The molecule has 0 saturated carbocycles. The van der Waals surface area contributed by atoms with Gasteiger partial charge in [0.1, 0.15) is 0 Å². The summed E-state index contributed by atoms with van der Waals surface area (Å²) in [5.74, 6) is -0.0518. The van der Waals surface area contributed by atoms with E-state index in [9.17, 15) is 4.79 Å². The molecule has 0 fully saturated rings. The Morgan fingerprint density at radius 1 is 1.12 bits per heavy atom. The summed E-state index contributed by atoms with van der Waals surface area (Å²) >= 11 is 12.0. The maximum atomic E-state index is 12.7. The minimum Gasteiger partial charge on any atom is -0.310 e. The molecule has 0 radical (unpaired) electrons. The van der Waals surface area contributed by atoms with Crippen molar-refractivity contribution in [3.8, 4) is 6.07 Å². The fourth-order valence-corrected chi connectivity index (χ4v) is 2.81. The lowest BCUT2D eigenvalue weighted by Crippen LogP contribution is -2.39. The van der Waals surface area contributed by atoms with Crippen molar-refractivity contribution in [1.82, 2.24) is 4.90 Å². The number of hydrogen-bond acceptors (Lipinski definition) is 3. The van der Waals surface area contributed by atoms with Crippen molar-refractivity contribution in [2.24, 2.45) is 0 Å². The first-order valence-electron chi connectivity index (χ1n) is 7.86. The third-order valence-corrected chi connectivity index (χ3v) is 4.40. The molecule has 130 valence electrons. The number of amides is 1. The highest BCUT2D eigenvalue weighted by Gasteiger charge is 2.17. The van der Waals surface area contributed by atoms with Gasteiger partial charge >= 0.3 is 0 Å². The first kappa shape index (κ1) is 19.3. The fourth-order valence-electron chi connectivity index (χ4n) is 2.49. The van der Waals surface area contributed by atoms with Gasteiger partial charge in [-0.15, -0.1) is 0 Å². The number of nitriles is 1. The summed E-state index contributed by atoms with van der Waals surface area (Å²) in [7, 11) is 1.87. The van der Waals surface area contributed by atoms with Gasteiger partial charge < -0.3 is 4.90 Å². The van der Waals surface area contributed by atoms with Crippen molar-refractivity contribution < 1.29 is 4.79 Å². The highest BCUT2D eigenvalue weighted by molar-refractivity contribution is 6.42. The van der Waals surface area contributed by atoms with Crippen LogP contribution in [0.3, 0.4) is 0 Å². The minimum atomic E-state index is -0.0518. The Morgan fingerprint density at radius 2 is 1.84 bits per heavy atom. The molecule has 0 unspecified atom stereocenters. The first-order valence-corrected chi connectivity index (χ1v) is 8.61. The van der Waals surface area contributed by atoms with Crippen molar-refractivity contribution in [1.29, 1.82) is 5.26 Å². The molecule has 1 amide bonds. The maximum absolute atomic E-state index is 12.7. The summed E-state index contributed by atoms with van der Waals surface area (Å²) in [5.41, 5.74) is 1.78. The molecule has 0 atom stereocenters. The Kier molecular flexibility index (Phi) is 7.27. The third-order valence-electron chi connectivity index (χ3n) is 3.66. The van der Waals surface area contributed by atoms with E-state index >= 15 is 0 Å². The van der Waals surface area contributed by atoms with E-state index in [0.717, 1.165) is 11.3 Å². The summed E-state index contributed by atoms with van der Waals surface area (Å²) in [4.78, 5) is 16.3. The second-order valence-electron chi connectivity index (χ2n) is 5.71. The molecule has 0 aliphatic heterocycles. The Balaban J connectivity index is 2.03. The van der Waals surface area contributed by atoms with Crippen molar-refractivity contribution in [3.05, 3.63) is 64.1 Å². The zero-order chi connectivity index (χ0) is 18.2. The highest BCUT2D eigenvalue weighted by Crippen LogP contribution is 2.23. The number of hydrogen-bond donors (Lipinski definition) is 0. The van der Waals surface area contributed by atoms with Gasteiger partial charge in [0.15, 0.2) is 0 Å². The standard InChI is InChI=1S/C19H19Cl2N3O/c1-23(13-15-8-9-17(20)18(21)12-15)14-19(25)24(11-5-10-22)16-6-3-2-4-7-16/h2-4,6-9,12H,5,11,13-14H2,1H3. The quantitative estimate of drug-likeness (QED) is 0.721. The Morgan fingerprint density at radius 3 is 2.48 bits per heavy atom. The number of rotatable bonds is 7. The number of halogens is 2. The number of carbonyl (C=O) groups excluding carboxylic acids is 1. The van der Waals surface area contributed by atoms with Crippen molar-refractivity contribution in [2.75, 3.05) is 25.0 Å². The summed E-state index contributed by atoms with van der Waals surface area (Å²) in [6, 6.07) is 16.9. The van der Waals surface area contributed by atoms with E-state index in [4.69, 9.17) is 28.5 Å². The molecular weight excluding hydrogens is 357 g/mol. The summed E-state index contributed by atoms with van der Waals surface area (Å²) < 4.78 is 0. The Hall–Kier alpha value is -2.06. The molecule has 6 heteroatoms. The summed E-state index contributed by atoms with van der Waals surface area (Å²) in [6.07, 6.45) is 0.289. The SMILES string of the molecule is CN(CC(=O)N(CCC#N)c1ccccc1)Cc1ccc(Cl)c(Cl)c1. The molecule has 25 heavy (non-hydrogen) atoms. The fraction of sp³-hybridized carbons (Fsp3) is 0.263. The number of nitrogens with zero attached hydrogens (tertiary/aromatic N) is 3. The van der Waals surface area contributed by atoms with Crippen LogP contribution >= 0.6 is 23.2 Å². The van der Waals surface area contributed by atoms with E-state index in [1.165, 1.54) is 0 Å². The molecule has 0 spiro atoms. The van der Waals surface area contributed by atoms with E-state index in [2.05, 4.69) is 6.07 Å². The predicted molar refractivity (Wildman–Crippen MR) is 102 cm³/mol. The molecule has 0 saturated heterocycles. The van der Waals surface area contributed by atoms with Gasteiger partial charge in [0.05, 0.1) is 29.1 Å². The lowest BCUT2D eigenvalue weighted by atomic mass is 10.2. The molecule has 0 heterocycles. The van der Waals surface area contributed by atoms with Crippen molar-refractivity contribution in [2.45, 2.75) is 13.0 Å². The summed E-state index contributed by atoms with van der Waals surface area (Å²) in [6.45, 7) is 1.18. The number of anilines is 1. The smallest absolute Gasteiger partial charge is 0.241 e. The number of likely N-dealkylation sites (N-methyl/N-ethyl adjacent to an activating group) is 1. The van der Waals surface area contributed by atoms with Gasteiger partial charge in [-0.05, 0) is 36.9 Å². The van der Waals surface area contributed by atoms with Crippen LogP contribution in [-0.2, 0) is 11.3 Å². The van der Waals surface area contributed by atoms with E-state index in [-0.39, 0.29) is 18.9 Å². The molecule has 0 bridgehead atoms. The van der Waals surface area contributed by atoms with Crippen LogP contribution in [0.25, 0.3) is 0 Å². The Bertz CT molecular complexity index is 759. The molecule has 2 rings (SSSR count). The lowest BCUT2D eigenvalue weighted by Gasteiger charge is -2.25. The molecule has 0 aromatic heterocycles. The van der Waals surface area contributed by atoms with Crippen LogP contribution in [0.15, 0.2) is 48.5 Å². The average Bonchev–Trinajstić information content (AvgIpc) is 2.59. The van der Waals surface area contributed by atoms with Crippen LogP contribution in [0.4, 0.5) is 5.69 Å². The summed E-state index contributed by atoms with van der Waals surface area (Å²) in [5, 5.41) is 9.86. The zero-order valence-electron chi connectivity index (χ0n) is 14.0. The topological polar surface area (TPSA) is 47.3 Å². The van der Waals surface area contributed by atoms with Gasteiger partial charge in [-0.3, -0.25) is 9.69 Å². The van der Waals surface area contributed by atoms with Gasteiger partial charge in [-0.1, -0.05) is 47.5 Å². The molecular formula is C19H19Cl2N3O. The Labute approximate surface area is 158 Å². The van der Waals surface area contributed by atoms with E-state index in [0.29, 0.717) is 23.1 Å². The number of para-hydroxylation sites is 1. The number of benzene rings is 2. The third kappa shape index (κ3) is 5.75. The molecule has 0 N–H and O–H groups in total. The van der Waals surface area contributed by atoms with Crippen LogP contribution in [0.5, 0.6) is 0 Å². The van der Waals surface area contributed by atoms with E-state index in [1.807, 2.05) is 48.3 Å². The van der Waals surface area contributed by atoms with Gasteiger partial charge in [0.2, 0.25) is 5.91 Å². The van der Waals surface area contributed by atoms with E-state index in [1.54, 1.807) is 17.0 Å². The molecule has 2 aromatic rings. The zero-order valence-corrected chi connectivity index (χ0v) is 15.5. The highest BCUT2D eigenvalue weighted by atomic mass is 35.5. The van der Waals surface area contributed by atoms with Gasteiger partial charge in [0, 0.05) is 18.8 Å². The molecule has 2 aromatic carbocycles. The minimum absolute atomic E-state index is 0.0518.